The Balaban J connectivity index is 2.00. The number of rotatable bonds is 5. The van der Waals surface area contributed by atoms with E-state index in [4.69, 9.17) is 10.8 Å². The van der Waals surface area contributed by atoms with Crippen molar-refractivity contribution in [1.29, 1.82) is 0 Å². The van der Waals surface area contributed by atoms with Crippen LogP contribution in [0, 0.1) is 0 Å². The van der Waals surface area contributed by atoms with Crippen LogP contribution in [-0.2, 0) is 6.54 Å². The molecule has 0 saturated carbocycles. The van der Waals surface area contributed by atoms with E-state index in [-0.39, 0.29) is 6.61 Å². The number of nitrogens with zero attached hydrogens (tertiary/aromatic N) is 1. The quantitative estimate of drug-likeness (QED) is 0.887. The molecule has 0 amide bonds. The Hall–Kier alpha value is -1.58. The van der Waals surface area contributed by atoms with Gasteiger partial charge in [0, 0.05) is 36.8 Å². The minimum absolute atomic E-state index is 0.289. The highest BCUT2D eigenvalue weighted by Crippen LogP contribution is 2.35. The minimum atomic E-state index is 0.289. The Labute approximate surface area is 126 Å². The first-order valence-electron chi connectivity index (χ1n) is 7.93. The lowest BCUT2D eigenvalue weighted by Gasteiger charge is -2.28. The molecule has 0 aromatic heterocycles. The molecule has 3 N–H and O–H groups in total. The number of anilines is 1. The fourth-order valence-corrected chi connectivity index (χ4v) is 3.55. The SMILES string of the molecule is NCc1ccc(N2CCCC2CCCO)c2ccccc12. The second-order valence-corrected chi connectivity index (χ2v) is 5.85. The van der Waals surface area contributed by atoms with Crippen LogP contribution in [0.2, 0.25) is 0 Å². The largest absolute Gasteiger partial charge is 0.396 e. The number of hydrogen-bond donors (Lipinski definition) is 2. The normalized spacial score (nSPS) is 18.6. The van der Waals surface area contributed by atoms with Crippen LogP contribution in [0.25, 0.3) is 10.8 Å². The van der Waals surface area contributed by atoms with Gasteiger partial charge in [0.1, 0.15) is 0 Å². The van der Waals surface area contributed by atoms with Gasteiger partial charge in [-0.25, -0.2) is 0 Å². The molecule has 3 rings (SSSR count). The summed E-state index contributed by atoms with van der Waals surface area (Å²) in [5.41, 5.74) is 8.40. The summed E-state index contributed by atoms with van der Waals surface area (Å²) in [7, 11) is 0. The first-order valence-corrected chi connectivity index (χ1v) is 7.93. The first kappa shape index (κ1) is 14.4. The van der Waals surface area contributed by atoms with Gasteiger partial charge < -0.3 is 15.7 Å². The third kappa shape index (κ3) is 2.76. The predicted octanol–water partition coefficient (Wildman–Crippen LogP) is 3.04. The van der Waals surface area contributed by atoms with Crippen LogP contribution in [0.3, 0.4) is 0 Å². The lowest BCUT2D eigenvalue weighted by molar-refractivity contribution is 0.279. The maximum Gasteiger partial charge on any atom is 0.0448 e. The maximum atomic E-state index is 9.09. The number of aliphatic hydroxyl groups is 1. The molecule has 1 unspecified atom stereocenters. The average Bonchev–Trinajstić information content (AvgIpc) is 3.00. The van der Waals surface area contributed by atoms with Gasteiger partial charge in [0.25, 0.3) is 0 Å². The van der Waals surface area contributed by atoms with E-state index in [0.717, 1.165) is 19.4 Å². The van der Waals surface area contributed by atoms with Gasteiger partial charge in [-0.15, -0.1) is 0 Å². The van der Waals surface area contributed by atoms with Crippen molar-refractivity contribution in [3.05, 3.63) is 42.0 Å². The van der Waals surface area contributed by atoms with Gasteiger partial charge in [-0.3, -0.25) is 0 Å². The van der Waals surface area contributed by atoms with E-state index >= 15 is 0 Å². The second kappa shape index (κ2) is 6.46. The second-order valence-electron chi connectivity index (χ2n) is 5.85. The Morgan fingerprint density at radius 2 is 1.95 bits per heavy atom. The molecule has 1 fully saturated rings. The summed E-state index contributed by atoms with van der Waals surface area (Å²) in [5.74, 6) is 0. The van der Waals surface area contributed by atoms with Crippen molar-refractivity contribution in [3.63, 3.8) is 0 Å². The van der Waals surface area contributed by atoms with Gasteiger partial charge >= 0.3 is 0 Å². The molecule has 1 aliphatic rings. The fraction of sp³-hybridized carbons (Fsp3) is 0.444. The summed E-state index contributed by atoms with van der Waals surface area (Å²) in [6, 6.07) is 13.5. The molecule has 1 saturated heterocycles. The highest BCUT2D eigenvalue weighted by Gasteiger charge is 2.25. The number of fused-ring (bicyclic) bond motifs is 1. The highest BCUT2D eigenvalue weighted by atomic mass is 16.2. The zero-order valence-electron chi connectivity index (χ0n) is 12.5. The van der Waals surface area contributed by atoms with Crippen molar-refractivity contribution in [2.45, 2.75) is 38.3 Å². The van der Waals surface area contributed by atoms with E-state index in [9.17, 15) is 0 Å². The zero-order chi connectivity index (χ0) is 14.7. The molecule has 0 aliphatic carbocycles. The average molecular weight is 284 g/mol. The van der Waals surface area contributed by atoms with Crippen molar-refractivity contribution in [1.82, 2.24) is 0 Å². The third-order valence-corrected chi connectivity index (χ3v) is 4.59. The van der Waals surface area contributed by atoms with Crippen molar-refractivity contribution in [2.75, 3.05) is 18.1 Å². The highest BCUT2D eigenvalue weighted by molar-refractivity contribution is 5.96. The molecular formula is C18H24N2O. The molecule has 3 heteroatoms. The molecular weight excluding hydrogens is 260 g/mol. The van der Waals surface area contributed by atoms with Crippen LogP contribution in [0.15, 0.2) is 36.4 Å². The summed E-state index contributed by atoms with van der Waals surface area (Å²) in [6.07, 6.45) is 4.43. The van der Waals surface area contributed by atoms with Crippen molar-refractivity contribution >= 4 is 16.5 Å². The molecule has 0 spiro atoms. The number of benzene rings is 2. The number of nitrogens with two attached hydrogens (primary N) is 1. The lowest BCUT2D eigenvalue weighted by atomic mass is 10.0. The van der Waals surface area contributed by atoms with E-state index < -0.39 is 0 Å². The molecule has 3 nitrogen and oxygen atoms in total. The summed E-state index contributed by atoms with van der Waals surface area (Å²) in [5, 5.41) is 11.7. The van der Waals surface area contributed by atoms with Crippen LogP contribution >= 0.6 is 0 Å². The molecule has 2 aromatic rings. The fourth-order valence-electron chi connectivity index (χ4n) is 3.55. The Morgan fingerprint density at radius 3 is 2.71 bits per heavy atom. The van der Waals surface area contributed by atoms with Crippen LogP contribution in [0.4, 0.5) is 5.69 Å². The third-order valence-electron chi connectivity index (χ3n) is 4.59. The van der Waals surface area contributed by atoms with Crippen LogP contribution in [0.5, 0.6) is 0 Å². The van der Waals surface area contributed by atoms with Crippen LogP contribution < -0.4 is 10.6 Å². The molecule has 112 valence electrons. The van der Waals surface area contributed by atoms with Gasteiger partial charge in [0.05, 0.1) is 0 Å². The van der Waals surface area contributed by atoms with Crippen molar-refractivity contribution in [2.24, 2.45) is 5.73 Å². The van der Waals surface area contributed by atoms with Crippen molar-refractivity contribution in [3.8, 4) is 0 Å². The molecule has 0 bridgehead atoms. The maximum absolute atomic E-state index is 9.09. The summed E-state index contributed by atoms with van der Waals surface area (Å²) >= 11 is 0. The van der Waals surface area contributed by atoms with Gasteiger partial charge in [-0.2, -0.15) is 0 Å². The summed E-state index contributed by atoms with van der Waals surface area (Å²) in [4.78, 5) is 2.53. The summed E-state index contributed by atoms with van der Waals surface area (Å²) in [6.45, 7) is 1.98. The first-order chi connectivity index (χ1) is 10.3. The van der Waals surface area contributed by atoms with E-state index in [0.29, 0.717) is 12.6 Å². The smallest absolute Gasteiger partial charge is 0.0448 e. The van der Waals surface area contributed by atoms with Crippen molar-refractivity contribution < 1.29 is 5.11 Å². The molecule has 2 aromatic carbocycles. The van der Waals surface area contributed by atoms with E-state index in [1.165, 1.54) is 34.9 Å². The standard InChI is InChI=1S/C18H24N2O/c19-13-14-9-10-18(17-8-2-1-7-16(14)17)20-11-3-5-15(20)6-4-12-21/h1-2,7-10,15,21H,3-6,11-13,19H2. The van der Waals surface area contributed by atoms with E-state index in [1.54, 1.807) is 0 Å². The molecule has 1 atom stereocenters. The predicted molar refractivity (Wildman–Crippen MR) is 88.5 cm³/mol. The topological polar surface area (TPSA) is 49.5 Å². The molecule has 21 heavy (non-hydrogen) atoms. The van der Waals surface area contributed by atoms with Gasteiger partial charge in [-0.05, 0) is 42.7 Å². The monoisotopic (exact) mass is 284 g/mol. The van der Waals surface area contributed by atoms with Crippen LogP contribution in [-0.4, -0.2) is 24.3 Å². The van der Waals surface area contributed by atoms with E-state index in [2.05, 4.69) is 41.3 Å². The van der Waals surface area contributed by atoms with Gasteiger partial charge in [0.15, 0.2) is 0 Å². The summed E-state index contributed by atoms with van der Waals surface area (Å²) < 4.78 is 0. The Kier molecular flexibility index (Phi) is 4.42. The minimum Gasteiger partial charge on any atom is -0.396 e. The van der Waals surface area contributed by atoms with Gasteiger partial charge in [-0.1, -0.05) is 30.3 Å². The Bertz CT molecular complexity index is 611. The Morgan fingerprint density at radius 1 is 1.14 bits per heavy atom. The molecule has 0 radical (unpaired) electrons. The van der Waals surface area contributed by atoms with E-state index in [1.807, 2.05) is 0 Å². The molecule has 1 aliphatic heterocycles. The number of hydrogen-bond acceptors (Lipinski definition) is 3. The van der Waals surface area contributed by atoms with Gasteiger partial charge in [0.2, 0.25) is 0 Å². The lowest BCUT2D eigenvalue weighted by Crippen LogP contribution is -2.29. The number of aliphatic hydroxyl groups excluding tert-OH is 1. The zero-order valence-corrected chi connectivity index (χ0v) is 12.5. The molecule has 1 heterocycles. The van der Waals surface area contributed by atoms with Crippen LogP contribution in [0.1, 0.15) is 31.2 Å².